The Morgan fingerprint density at radius 3 is 2.72 bits per heavy atom. The number of halogens is 1. The first-order chi connectivity index (χ1) is 13.7. The number of nitrogens with zero attached hydrogens (tertiary/aromatic N) is 1. The summed E-state index contributed by atoms with van der Waals surface area (Å²) in [5.41, 5.74) is 1.38. The van der Waals surface area contributed by atoms with Gasteiger partial charge in [0.15, 0.2) is 0 Å². The molecule has 29 heavy (non-hydrogen) atoms. The van der Waals surface area contributed by atoms with E-state index in [4.69, 9.17) is 0 Å². The van der Waals surface area contributed by atoms with E-state index in [9.17, 15) is 22.4 Å². The minimum atomic E-state index is -4.24. The standard InChI is InChI=1S/C19H20FN3O4S2/c1-23(11-19(25)21-14-5-3-4-6-16(14)28-2)29(26,27)17-9-12-7-8-18(24)22-15(12)10-13(17)20/h3-6,9-10H,7-8,11H2,1-2H3,(H,21,25)(H,22,24). The molecule has 2 N–H and O–H groups in total. The van der Waals surface area contributed by atoms with Crippen LogP contribution in [0.15, 0.2) is 46.2 Å². The fourth-order valence-electron chi connectivity index (χ4n) is 2.97. The van der Waals surface area contributed by atoms with Gasteiger partial charge in [0.2, 0.25) is 21.8 Å². The maximum Gasteiger partial charge on any atom is 0.246 e. The second-order valence-corrected chi connectivity index (χ2v) is 9.36. The number of fused-ring (bicyclic) bond motifs is 1. The van der Waals surface area contributed by atoms with E-state index in [0.29, 0.717) is 17.7 Å². The number of anilines is 2. The maximum atomic E-state index is 14.5. The van der Waals surface area contributed by atoms with Crippen molar-refractivity contribution in [2.24, 2.45) is 0 Å². The van der Waals surface area contributed by atoms with E-state index in [1.165, 1.54) is 24.9 Å². The largest absolute Gasteiger partial charge is 0.326 e. The van der Waals surface area contributed by atoms with Crippen molar-refractivity contribution < 1.29 is 22.4 Å². The van der Waals surface area contributed by atoms with Crippen LogP contribution in [0, 0.1) is 5.82 Å². The number of sulfonamides is 1. The Balaban J connectivity index is 1.79. The van der Waals surface area contributed by atoms with Gasteiger partial charge < -0.3 is 10.6 Å². The van der Waals surface area contributed by atoms with E-state index in [1.54, 1.807) is 12.1 Å². The van der Waals surface area contributed by atoms with Crippen molar-refractivity contribution in [2.45, 2.75) is 22.6 Å². The van der Waals surface area contributed by atoms with Gasteiger partial charge in [-0.25, -0.2) is 12.8 Å². The molecule has 0 aromatic heterocycles. The Hall–Kier alpha value is -2.43. The molecule has 0 saturated heterocycles. The molecule has 0 fully saturated rings. The zero-order valence-corrected chi connectivity index (χ0v) is 17.5. The van der Waals surface area contributed by atoms with E-state index >= 15 is 0 Å². The van der Waals surface area contributed by atoms with E-state index in [2.05, 4.69) is 10.6 Å². The number of amides is 2. The number of aryl methyl sites for hydroxylation is 1. The second kappa shape index (κ2) is 8.52. The number of rotatable bonds is 6. The van der Waals surface area contributed by atoms with Crippen LogP contribution in [-0.4, -0.2) is 44.4 Å². The van der Waals surface area contributed by atoms with Crippen molar-refractivity contribution in [2.75, 3.05) is 30.5 Å². The van der Waals surface area contributed by atoms with Crippen molar-refractivity contribution in [3.05, 3.63) is 47.8 Å². The van der Waals surface area contributed by atoms with Crippen molar-refractivity contribution in [1.29, 1.82) is 0 Å². The average Bonchev–Trinajstić information content (AvgIpc) is 2.67. The molecule has 3 rings (SSSR count). The molecule has 1 aliphatic rings. The summed E-state index contributed by atoms with van der Waals surface area (Å²) in [4.78, 5) is 24.1. The molecule has 2 aromatic rings. The molecule has 0 bridgehead atoms. The molecular formula is C19H20FN3O4S2. The number of likely N-dealkylation sites (N-methyl/N-ethyl adjacent to an activating group) is 1. The SMILES string of the molecule is CSc1ccccc1NC(=O)CN(C)S(=O)(=O)c1cc2c(cc1F)NC(=O)CC2. The fraction of sp³-hybridized carbons (Fsp3) is 0.263. The monoisotopic (exact) mass is 437 g/mol. The zero-order chi connectivity index (χ0) is 21.2. The van der Waals surface area contributed by atoms with Crippen molar-refractivity contribution in [1.82, 2.24) is 4.31 Å². The third-order valence-corrected chi connectivity index (χ3v) is 7.10. The highest BCUT2D eigenvalue weighted by molar-refractivity contribution is 7.98. The Morgan fingerprint density at radius 1 is 1.28 bits per heavy atom. The zero-order valence-electron chi connectivity index (χ0n) is 15.9. The lowest BCUT2D eigenvalue weighted by Crippen LogP contribution is -2.35. The van der Waals surface area contributed by atoms with Crippen LogP contribution in [0.3, 0.4) is 0 Å². The van der Waals surface area contributed by atoms with Crippen LogP contribution in [0.5, 0.6) is 0 Å². The second-order valence-electron chi connectivity index (χ2n) is 6.50. The van der Waals surface area contributed by atoms with Gasteiger partial charge >= 0.3 is 0 Å². The first-order valence-electron chi connectivity index (χ1n) is 8.74. The van der Waals surface area contributed by atoms with Crippen LogP contribution in [0.4, 0.5) is 15.8 Å². The maximum absolute atomic E-state index is 14.5. The summed E-state index contributed by atoms with van der Waals surface area (Å²) >= 11 is 1.45. The van der Waals surface area contributed by atoms with Gasteiger partial charge in [-0.05, 0) is 42.5 Å². The molecule has 0 saturated carbocycles. The molecule has 7 nitrogen and oxygen atoms in total. The van der Waals surface area contributed by atoms with E-state index in [1.807, 2.05) is 18.4 Å². The third-order valence-electron chi connectivity index (χ3n) is 4.49. The van der Waals surface area contributed by atoms with Gasteiger partial charge in [0.1, 0.15) is 10.7 Å². The molecule has 10 heteroatoms. The predicted octanol–water partition coefficient (Wildman–Crippen LogP) is 2.69. The molecular weight excluding hydrogens is 417 g/mol. The summed E-state index contributed by atoms with van der Waals surface area (Å²) in [6.45, 7) is -0.474. The van der Waals surface area contributed by atoms with Crippen LogP contribution in [0.1, 0.15) is 12.0 Å². The number of para-hydroxylation sites is 1. The smallest absolute Gasteiger partial charge is 0.246 e. The highest BCUT2D eigenvalue weighted by atomic mass is 32.2. The lowest BCUT2D eigenvalue weighted by atomic mass is 10.0. The van der Waals surface area contributed by atoms with Gasteiger partial charge in [-0.15, -0.1) is 11.8 Å². The minimum absolute atomic E-state index is 0.200. The van der Waals surface area contributed by atoms with Gasteiger partial charge in [-0.1, -0.05) is 12.1 Å². The lowest BCUT2D eigenvalue weighted by Gasteiger charge is -2.21. The molecule has 0 spiro atoms. The number of nitrogens with one attached hydrogen (secondary N) is 2. The normalized spacial score (nSPS) is 13.7. The summed E-state index contributed by atoms with van der Waals surface area (Å²) in [6, 6.07) is 9.37. The first kappa shape index (κ1) is 21.3. The quantitative estimate of drug-likeness (QED) is 0.678. The highest BCUT2D eigenvalue weighted by Crippen LogP contribution is 2.29. The first-order valence-corrected chi connectivity index (χ1v) is 11.4. The Bertz CT molecular complexity index is 1070. The minimum Gasteiger partial charge on any atom is -0.326 e. The summed E-state index contributed by atoms with van der Waals surface area (Å²) < 4.78 is 40.9. The number of hydrogen-bond donors (Lipinski definition) is 2. The Morgan fingerprint density at radius 2 is 2.00 bits per heavy atom. The van der Waals surface area contributed by atoms with Crippen molar-refractivity contribution in [3.8, 4) is 0 Å². The van der Waals surface area contributed by atoms with Crippen molar-refractivity contribution in [3.63, 3.8) is 0 Å². The number of carbonyl (C=O) groups is 2. The van der Waals surface area contributed by atoms with E-state index in [-0.39, 0.29) is 18.0 Å². The molecule has 2 aromatic carbocycles. The fourth-order valence-corrected chi connectivity index (χ4v) is 4.74. The summed E-state index contributed by atoms with van der Waals surface area (Å²) in [5, 5.41) is 5.20. The van der Waals surface area contributed by atoms with E-state index in [0.717, 1.165) is 15.3 Å². The summed E-state index contributed by atoms with van der Waals surface area (Å²) in [7, 11) is -3.02. The molecule has 0 atom stereocenters. The molecule has 0 radical (unpaired) electrons. The van der Waals surface area contributed by atoms with Gasteiger partial charge in [-0.3, -0.25) is 9.59 Å². The highest BCUT2D eigenvalue weighted by Gasteiger charge is 2.29. The molecule has 1 aliphatic heterocycles. The number of carbonyl (C=O) groups excluding carboxylic acids is 2. The van der Waals surface area contributed by atoms with Crippen LogP contribution in [-0.2, 0) is 26.0 Å². The Kier molecular flexibility index (Phi) is 6.25. The molecule has 0 aliphatic carbocycles. The molecule has 154 valence electrons. The van der Waals surface area contributed by atoms with Crippen molar-refractivity contribution >= 4 is 45.0 Å². The summed E-state index contributed by atoms with van der Waals surface area (Å²) in [6.07, 6.45) is 2.38. The molecule has 1 heterocycles. The van der Waals surface area contributed by atoms with Crippen LogP contribution in [0.25, 0.3) is 0 Å². The predicted molar refractivity (Wildman–Crippen MR) is 110 cm³/mol. The average molecular weight is 438 g/mol. The molecule has 2 amide bonds. The number of thioether (sulfide) groups is 1. The van der Waals surface area contributed by atoms with E-state index < -0.39 is 33.2 Å². The van der Waals surface area contributed by atoms with Gasteiger partial charge in [0.25, 0.3) is 0 Å². The van der Waals surface area contributed by atoms with Crippen LogP contribution >= 0.6 is 11.8 Å². The molecule has 0 unspecified atom stereocenters. The Labute approximate surface area is 172 Å². The third kappa shape index (κ3) is 4.60. The van der Waals surface area contributed by atoms with Crippen LogP contribution < -0.4 is 10.6 Å². The topological polar surface area (TPSA) is 95.6 Å². The summed E-state index contributed by atoms with van der Waals surface area (Å²) in [5.74, 6) is -1.76. The number of benzene rings is 2. The van der Waals surface area contributed by atoms with Gasteiger partial charge in [-0.2, -0.15) is 4.31 Å². The van der Waals surface area contributed by atoms with Crippen LogP contribution in [0.2, 0.25) is 0 Å². The van der Waals surface area contributed by atoms with Gasteiger partial charge in [0.05, 0.1) is 12.2 Å². The number of hydrogen-bond acceptors (Lipinski definition) is 5. The lowest BCUT2D eigenvalue weighted by molar-refractivity contribution is -0.117. The van der Waals surface area contributed by atoms with Gasteiger partial charge in [0, 0.05) is 24.1 Å².